The van der Waals surface area contributed by atoms with E-state index < -0.39 is 6.61 Å². The van der Waals surface area contributed by atoms with E-state index in [1.54, 1.807) is 7.11 Å². The standard InChI is InChI=1S/C26H32N2O4/c1-31-23-10-9-22(21-16-26(32-25(21)23)11-5-6-12-26)27-13-14-28(24(30)18-29)20(17-27)15-19-7-3-2-4-8-19/h2-4,7-10,20,29H,5-6,11-18H2,1H3/t20-/m0/s1. The van der Waals surface area contributed by atoms with E-state index in [1.807, 2.05) is 29.2 Å². The van der Waals surface area contributed by atoms with Crippen LogP contribution in [0.3, 0.4) is 0 Å². The van der Waals surface area contributed by atoms with Crippen LogP contribution in [0.25, 0.3) is 0 Å². The molecule has 1 atom stereocenters. The van der Waals surface area contributed by atoms with Gasteiger partial charge < -0.3 is 24.4 Å². The summed E-state index contributed by atoms with van der Waals surface area (Å²) in [6, 6.07) is 14.4. The largest absolute Gasteiger partial charge is 0.493 e. The van der Waals surface area contributed by atoms with Crippen LogP contribution < -0.4 is 14.4 Å². The third-order valence-corrected chi connectivity index (χ3v) is 7.35. The molecule has 2 aliphatic heterocycles. The van der Waals surface area contributed by atoms with Crippen molar-refractivity contribution in [3.63, 3.8) is 0 Å². The number of methoxy groups -OCH3 is 1. The second kappa shape index (κ2) is 8.66. The van der Waals surface area contributed by atoms with E-state index in [9.17, 15) is 9.90 Å². The van der Waals surface area contributed by atoms with Crippen LogP contribution in [0.4, 0.5) is 5.69 Å². The van der Waals surface area contributed by atoms with Crippen LogP contribution in [-0.2, 0) is 17.6 Å². The molecule has 3 aliphatic rings. The van der Waals surface area contributed by atoms with Gasteiger partial charge in [-0.15, -0.1) is 0 Å². The highest BCUT2D eigenvalue weighted by molar-refractivity contribution is 5.78. The zero-order valence-corrected chi connectivity index (χ0v) is 18.8. The fourth-order valence-corrected chi connectivity index (χ4v) is 5.76. The Hall–Kier alpha value is -2.73. The Labute approximate surface area is 189 Å². The van der Waals surface area contributed by atoms with Gasteiger partial charge in [0.2, 0.25) is 5.91 Å². The molecule has 2 fully saturated rings. The van der Waals surface area contributed by atoms with Crippen LogP contribution in [0.1, 0.15) is 36.8 Å². The molecule has 6 nitrogen and oxygen atoms in total. The third-order valence-electron chi connectivity index (χ3n) is 7.35. The van der Waals surface area contributed by atoms with E-state index in [0.717, 1.165) is 50.3 Å². The second-order valence-electron chi connectivity index (χ2n) is 9.30. The van der Waals surface area contributed by atoms with Gasteiger partial charge in [0, 0.05) is 37.3 Å². The van der Waals surface area contributed by atoms with Crippen LogP contribution in [0.5, 0.6) is 11.5 Å². The topological polar surface area (TPSA) is 62.2 Å². The molecule has 1 aliphatic carbocycles. The van der Waals surface area contributed by atoms with Crippen LogP contribution >= 0.6 is 0 Å². The maximum absolute atomic E-state index is 12.5. The molecule has 170 valence electrons. The number of hydrogen-bond donors (Lipinski definition) is 1. The fourth-order valence-electron chi connectivity index (χ4n) is 5.76. The monoisotopic (exact) mass is 436 g/mol. The van der Waals surface area contributed by atoms with Crippen molar-refractivity contribution in [2.24, 2.45) is 0 Å². The lowest BCUT2D eigenvalue weighted by Gasteiger charge is -2.43. The van der Waals surface area contributed by atoms with E-state index in [2.05, 4.69) is 23.1 Å². The number of carbonyl (C=O) groups is 1. The summed E-state index contributed by atoms with van der Waals surface area (Å²) in [7, 11) is 1.70. The maximum atomic E-state index is 12.5. The van der Waals surface area contributed by atoms with Gasteiger partial charge >= 0.3 is 0 Å². The first-order chi connectivity index (χ1) is 15.6. The van der Waals surface area contributed by atoms with Gasteiger partial charge in [0.05, 0.1) is 13.2 Å². The lowest BCUT2D eigenvalue weighted by Crippen LogP contribution is -2.57. The summed E-state index contributed by atoms with van der Waals surface area (Å²) >= 11 is 0. The summed E-state index contributed by atoms with van der Waals surface area (Å²) < 4.78 is 12.2. The normalized spacial score (nSPS) is 21.5. The van der Waals surface area contributed by atoms with Gasteiger partial charge in [0.15, 0.2) is 11.5 Å². The van der Waals surface area contributed by atoms with Crippen molar-refractivity contribution in [1.82, 2.24) is 4.90 Å². The van der Waals surface area contributed by atoms with E-state index in [0.29, 0.717) is 6.54 Å². The van der Waals surface area contributed by atoms with Gasteiger partial charge in [0.25, 0.3) is 0 Å². The Morgan fingerprint density at radius 2 is 1.94 bits per heavy atom. The number of hydrogen-bond acceptors (Lipinski definition) is 5. The Morgan fingerprint density at radius 1 is 1.16 bits per heavy atom. The molecule has 1 spiro atoms. The average molecular weight is 437 g/mol. The van der Waals surface area contributed by atoms with Crippen LogP contribution in [0.2, 0.25) is 0 Å². The first-order valence-electron chi connectivity index (χ1n) is 11.7. The lowest BCUT2D eigenvalue weighted by atomic mass is 9.93. The summed E-state index contributed by atoms with van der Waals surface area (Å²) in [6.07, 6.45) is 6.31. The van der Waals surface area contributed by atoms with Gasteiger partial charge in [-0.3, -0.25) is 4.79 Å². The smallest absolute Gasteiger partial charge is 0.248 e. The maximum Gasteiger partial charge on any atom is 0.248 e. The molecule has 5 rings (SSSR count). The summed E-state index contributed by atoms with van der Waals surface area (Å²) in [5.74, 6) is 1.52. The van der Waals surface area contributed by atoms with Crippen molar-refractivity contribution in [1.29, 1.82) is 0 Å². The van der Waals surface area contributed by atoms with E-state index in [1.165, 1.54) is 29.7 Å². The SMILES string of the molecule is COc1ccc(N2CCN(C(=O)CO)[C@@H](Cc3ccccc3)C2)c2c1OC1(CCCC1)C2. The Morgan fingerprint density at radius 3 is 2.66 bits per heavy atom. The highest BCUT2D eigenvalue weighted by Crippen LogP contribution is 2.51. The summed E-state index contributed by atoms with van der Waals surface area (Å²) in [5.41, 5.74) is 3.55. The quantitative estimate of drug-likeness (QED) is 0.780. The molecule has 6 heteroatoms. The molecule has 1 N–H and O–H groups in total. The number of aliphatic hydroxyl groups is 1. The molecule has 0 bridgehead atoms. The number of aliphatic hydroxyl groups excluding tert-OH is 1. The van der Waals surface area contributed by atoms with Crippen LogP contribution in [0.15, 0.2) is 42.5 Å². The Bertz CT molecular complexity index is 971. The number of amides is 1. The Kier molecular flexibility index (Phi) is 5.72. The second-order valence-corrected chi connectivity index (χ2v) is 9.30. The highest BCUT2D eigenvalue weighted by Gasteiger charge is 2.45. The van der Waals surface area contributed by atoms with Crippen molar-refractivity contribution >= 4 is 11.6 Å². The van der Waals surface area contributed by atoms with E-state index in [4.69, 9.17) is 9.47 Å². The molecule has 0 aromatic heterocycles. The van der Waals surface area contributed by atoms with Gasteiger partial charge in [-0.2, -0.15) is 0 Å². The number of carbonyl (C=O) groups excluding carboxylic acids is 1. The molecule has 1 amide bonds. The minimum atomic E-state index is -0.445. The van der Waals surface area contributed by atoms with E-state index in [-0.39, 0.29) is 17.6 Å². The molecular weight excluding hydrogens is 404 g/mol. The number of ether oxygens (including phenoxy) is 2. The van der Waals surface area contributed by atoms with E-state index >= 15 is 0 Å². The predicted octanol–water partition coefficient (Wildman–Crippen LogP) is 3.20. The van der Waals surface area contributed by atoms with Crippen LogP contribution in [0, 0.1) is 0 Å². The average Bonchev–Trinajstić information content (AvgIpc) is 3.44. The first kappa shape index (κ1) is 21.1. The van der Waals surface area contributed by atoms with Crippen LogP contribution in [-0.4, -0.2) is 60.9 Å². The predicted molar refractivity (Wildman–Crippen MR) is 123 cm³/mol. The zero-order chi connectivity index (χ0) is 22.1. The number of piperazine rings is 1. The number of anilines is 1. The summed E-state index contributed by atoms with van der Waals surface area (Å²) in [6.45, 7) is 1.62. The molecule has 0 unspecified atom stereocenters. The first-order valence-corrected chi connectivity index (χ1v) is 11.7. The number of benzene rings is 2. The minimum Gasteiger partial charge on any atom is -0.493 e. The van der Waals surface area contributed by atoms with Crippen molar-refractivity contribution in [3.05, 3.63) is 53.6 Å². The molecule has 1 saturated heterocycles. The molecular formula is C26H32N2O4. The molecule has 2 aromatic carbocycles. The Balaban J connectivity index is 1.44. The third kappa shape index (κ3) is 3.81. The number of fused-ring (bicyclic) bond motifs is 1. The van der Waals surface area contributed by atoms with Gasteiger partial charge in [-0.25, -0.2) is 0 Å². The number of nitrogens with zero attached hydrogens (tertiary/aromatic N) is 2. The van der Waals surface area contributed by atoms with Crippen molar-refractivity contribution in [2.45, 2.75) is 50.2 Å². The minimum absolute atomic E-state index is 0.00585. The molecule has 2 aromatic rings. The molecule has 1 saturated carbocycles. The summed E-state index contributed by atoms with van der Waals surface area (Å²) in [5, 5.41) is 9.52. The molecule has 0 radical (unpaired) electrons. The van der Waals surface area contributed by atoms with Crippen molar-refractivity contribution < 1.29 is 19.4 Å². The number of rotatable bonds is 5. The van der Waals surface area contributed by atoms with Crippen molar-refractivity contribution in [2.75, 3.05) is 38.3 Å². The lowest BCUT2D eigenvalue weighted by molar-refractivity contribution is -0.136. The van der Waals surface area contributed by atoms with Crippen molar-refractivity contribution in [3.8, 4) is 11.5 Å². The highest BCUT2D eigenvalue weighted by atomic mass is 16.5. The van der Waals surface area contributed by atoms with Gasteiger partial charge in [0.1, 0.15) is 12.2 Å². The molecule has 2 heterocycles. The molecule has 32 heavy (non-hydrogen) atoms. The summed E-state index contributed by atoms with van der Waals surface area (Å²) in [4.78, 5) is 16.7. The van der Waals surface area contributed by atoms with Gasteiger partial charge in [-0.05, 0) is 49.8 Å². The zero-order valence-electron chi connectivity index (χ0n) is 18.8. The fraction of sp³-hybridized carbons (Fsp3) is 0.500. The van der Waals surface area contributed by atoms with Gasteiger partial charge in [-0.1, -0.05) is 30.3 Å².